The number of likely N-dealkylation sites (N-methyl/N-ethyl adjacent to an activating group) is 1. The van der Waals surface area contributed by atoms with E-state index in [4.69, 9.17) is 5.73 Å². The van der Waals surface area contributed by atoms with E-state index in [1.165, 1.54) is 17.8 Å². The SMILES string of the molecule is CCN1CC(C)c2c(CCCN)cccc21. The van der Waals surface area contributed by atoms with Gasteiger partial charge < -0.3 is 10.6 Å². The third-order valence-corrected chi connectivity index (χ3v) is 3.53. The summed E-state index contributed by atoms with van der Waals surface area (Å²) in [5, 5.41) is 0. The molecule has 0 fully saturated rings. The van der Waals surface area contributed by atoms with E-state index < -0.39 is 0 Å². The molecule has 0 aromatic heterocycles. The van der Waals surface area contributed by atoms with Crippen LogP contribution in [0.2, 0.25) is 0 Å². The standard InChI is InChI=1S/C14H22N2/c1-3-16-10-11(2)14-12(7-5-9-15)6-4-8-13(14)16/h4,6,8,11H,3,5,7,9-10,15H2,1-2H3. The van der Waals surface area contributed by atoms with Crippen LogP contribution in [0.5, 0.6) is 0 Å². The highest BCUT2D eigenvalue weighted by Crippen LogP contribution is 2.38. The summed E-state index contributed by atoms with van der Waals surface area (Å²) in [7, 11) is 0. The Hall–Kier alpha value is -1.02. The molecule has 2 N–H and O–H groups in total. The molecule has 1 aromatic carbocycles. The Labute approximate surface area is 98.4 Å². The van der Waals surface area contributed by atoms with Crippen molar-refractivity contribution in [3.63, 3.8) is 0 Å². The van der Waals surface area contributed by atoms with Crippen LogP contribution < -0.4 is 10.6 Å². The summed E-state index contributed by atoms with van der Waals surface area (Å²) in [4.78, 5) is 2.48. The van der Waals surface area contributed by atoms with Crippen molar-refractivity contribution in [1.29, 1.82) is 0 Å². The number of nitrogens with zero attached hydrogens (tertiary/aromatic N) is 1. The van der Waals surface area contributed by atoms with Crippen LogP contribution in [0, 0.1) is 0 Å². The van der Waals surface area contributed by atoms with Gasteiger partial charge >= 0.3 is 0 Å². The van der Waals surface area contributed by atoms with Crippen molar-refractivity contribution in [2.75, 3.05) is 24.5 Å². The average molecular weight is 218 g/mol. The first-order valence-corrected chi connectivity index (χ1v) is 6.34. The molecular formula is C14H22N2. The van der Waals surface area contributed by atoms with Gasteiger partial charge in [0.2, 0.25) is 0 Å². The van der Waals surface area contributed by atoms with Crippen molar-refractivity contribution >= 4 is 5.69 Å². The zero-order chi connectivity index (χ0) is 11.5. The monoisotopic (exact) mass is 218 g/mol. The summed E-state index contributed by atoms with van der Waals surface area (Å²) in [6.45, 7) is 7.63. The third-order valence-electron chi connectivity index (χ3n) is 3.53. The normalized spacial score (nSPS) is 18.9. The lowest BCUT2D eigenvalue weighted by Gasteiger charge is -2.17. The average Bonchev–Trinajstić information content (AvgIpc) is 2.64. The molecule has 88 valence electrons. The van der Waals surface area contributed by atoms with Crippen molar-refractivity contribution < 1.29 is 0 Å². The molecule has 0 bridgehead atoms. The summed E-state index contributed by atoms with van der Waals surface area (Å²) in [6.07, 6.45) is 2.22. The molecule has 0 amide bonds. The highest BCUT2D eigenvalue weighted by Gasteiger charge is 2.26. The van der Waals surface area contributed by atoms with E-state index >= 15 is 0 Å². The minimum atomic E-state index is 0.670. The highest BCUT2D eigenvalue weighted by molar-refractivity contribution is 5.62. The van der Waals surface area contributed by atoms with Gasteiger partial charge in [0.15, 0.2) is 0 Å². The van der Waals surface area contributed by atoms with E-state index in [0.29, 0.717) is 5.92 Å². The zero-order valence-corrected chi connectivity index (χ0v) is 10.4. The van der Waals surface area contributed by atoms with Crippen molar-refractivity contribution in [1.82, 2.24) is 0 Å². The maximum atomic E-state index is 5.60. The topological polar surface area (TPSA) is 29.3 Å². The van der Waals surface area contributed by atoms with Gasteiger partial charge in [-0.25, -0.2) is 0 Å². The Kier molecular flexibility index (Phi) is 3.49. The fraction of sp³-hybridized carbons (Fsp3) is 0.571. The molecule has 2 heteroatoms. The number of fused-ring (bicyclic) bond motifs is 1. The first-order valence-electron chi connectivity index (χ1n) is 6.34. The van der Waals surface area contributed by atoms with Crippen LogP contribution in [0.25, 0.3) is 0 Å². The molecule has 0 spiro atoms. The van der Waals surface area contributed by atoms with Crippen LogP contribution in [-0.2, 0) is 6.42 Å². The maximum Gasteiger partial charge on any atom is 0.0405 e. The number of rotatable bonds is 4. The van der Waals surface area contributed by atoms with Crippen molar-refractivity contribution in [3.05, 3.63) is 29.3 Å². The van der Waals surface area contributed by atoms with Crippen LogP contribution in [0.4, 0.5) is 5.69 Å². The second-order valence-electron chi connectivity index (χ2n) is 4.68. The van der Waals surface area contributed by atoms with E-state index in [1.807, 2.05) is 0 Å². The highest BCUT2D eigenvalue weighted by atomic mass is 15.1. The van der Waals surface area contributed by atoms with Gasteiger partial charge in [0.25, 0.3) is 0 Å². The fourth-order valence-electron chi connectivity index (χ4n) is 2.77. The Bertz CT molecular complexity index is 360. The molecule has 0 radical (unpaired) electrons. The first-order chi connectivity index (χ1) is 7.77. The number of anilines is 1. The molecule has 0 saturated carbocycles. The lowest BCUT2D eigenvalue weighted by Crippen LogP contribution is -2.20. The maximum absolute atomic E-state index is 5.60. The van der Waals surface area contributed by atoms with Gasteiger partial charge in [-0.1, -0.05) is 19.1 Å². The molecule has 1 aromatic rings. The third kappa shape index (κ3) is 1.94. The summed E-state index contributed by atoms with van der Waals surface area (Å²) >= 11 is 0. The van der Waals surface area contributed by atoms with Gasteiger partial charge in [0, 0.05) is 24.7 Å². The molecule has 2 rings (SSSR count). The summed E-state index contributed by atoms with van der Waals surface area (Å²) < 4.78 is 0. The molecule has 1 unspecified atom stereocenters. The van der Waals surface area contributed by atoms with Crippen LogP contribution in [0.1, 0.15) is 37.3 Å². The predicted molar refractivity (Wildman–Crippen MR) is 70.1 cm³/mol. The number of hydrogen-bond donors (Lipinski definition) is 1. The summed E-state index contributed by atoms with van der Waals surface area (Å²) in [5.41, 5.74) is 10.1. The second-order valence-corrected chi connectivity index (χ2v) is 4.68. The summed E-state index contributed by atoms with van der Waals surface area (Å²) in [6, 6.07) is 6.71. The smallest absolute Gasteiger partial charge is 0.0405 e. The van der Waals surface area contributed by atoms with Gasteiger partial charge in [-0.3, -0.25) is 0 Å². The molecule has 16 heavy (non-hydrogen) atoms. The van der Waals surface area contributed by atoms with Crippen molar-refractivity contribution in [2.45, 2.75) is 32.6 Å². The summed E-state index contributed by atoms with van der Waals surface area (Å²) in [5.74, 6) is 0.670. The molecule has 2 nitrogen and oxygen atoms in total. The Morgan fingerprint density at radius 2 is 2.25 bits per heavy atom. The van der Waals surface area contributed by atoms with Crippen LogP contribution in [0.3, 0.4) is 0 Å². The molecular weight excluding hydrogens is 196 g/mol. The van der Waals surface area contributed by atoms with E-state index in [2.05, 4.69) is 36.9 Å². The Balaban J connectivity index is 2.32. The number of aryl methyl sites for hydroxylation is 1. The van der Waals surface area contributed by atoms with Gasteiger partial charge in [-0.2, -0.15) is 0 Å². The quantitative estimate of drug-likeness (QED) is 0.841. The van der Waals surface area contributed by atoms with E-state index in [0.717, 1.165) is 25.9 Å². The first kappa shape index (κ1) is 11.5. The Morgan fingerprint density at radius 3 is 2.94 bits per heavy atom. The number of benzene rings is 1. The Morgan fingerprint density at radius 1 is 1.44 bits per heavy atom. The molecule has 1 aliphatic rings. The molecule has 1 heterocycles. The van der Waals surface area contributed by atoms with Gasteiger partial charge in [0.1, 0.15) is 0 Å². The van der Waals surface area contributed by atoms with Gasteiger partial charge in [0.05, 0.1) is 0 Å². The second kappa shape index (κ2) is 4.88. The van der Waals surface area contributed by atoms with Crippen LogP contribution >= 0.6 is 0 Å². The van der Waals surface area contributed by atoms with Crippen molar-refractivity contribution in [2.24, 2.45) is 5.73 Å². The van der Waals surface area contributed by atoms with Crippen LogP contribution in [0.15, 0.2) is 18.2 Å². The largest absolute Gasteiger partial charge is 0.371 e. The lowest BCUT2D eigenvalue weighted by atomic mass is 9.94. The van der Waals surface area contributed by atoms with Crippen molar-refractivity contribution in [3.8, 4) is 0 Å². The predicted octanol–water partition coefficient (Wildman–Crippen LogP) is 2.52. The lowest BCUT2D eigenvalue weighted by molar-refractivity contribution is 0.749. The number of nitrogens with two attached hydrogens (primary N) is 1. The van der Waals surface area contributed by atoms with Gasteiger partial charge in [-0.15, -0.1) is 0 Å². The van der Waals surface area contributed by atoms with E-state index in [9.17, 15) is 0 Å². The van der Waals surface area contributed by atoms with Gasteiger partial charge in [-0.05, 0) is 43.5 Å². The molecule has 1 aliphatic heterocycles. The fourth-order valence-corrected chi connectivity index (χ4v) is 2.77. The minimum Gasteiger partial charge on any atom is -0.371 e. The molecule has 0 aliphatic carbocycles. The zero-order valence-electron chi connectivity index (χ0n) is 10.4. The molecule has 0 saturated heterocycles. The number of hydrogen-bond acceptors (Lipinski definition) is 2. The molecule has 1 atom stereocenters. The van der Waals surface area contributed by atoms with E-state index in [-0.39, 0.29) is 0 Å². The van der Waals surface area contributed by atoms with Crippen LogP contribution in [-0.4, -0.2) is 19.6 Å². The minimum absolute atomic E-state index is 0.670. The van der Waals surface area contributed by atoms with E-state index in [1.54, 1.807) is 5.56 Å².